The number of halogens is 2. The van der Waals surface area contributed by atoms with Crippen molar-refractivity contribution in [1.29, 1.82) is 0 Å². The highest BCUT2D eigenvalue weighted by Crippen LogP contribution is 2.23. The molecule has 4 rings (SSSR count). The molecule has 4 aromatic rings. The van der Waals surface area contributed by atoms with Gasteiger partial charge in [-0.1, -0.05) is 24.3 Å². The summed E-state index contributed by atoms with van der Waals surface area (Å²) >= 11 is 1.17. The lowest BCUT2D eigenvalue weighted by Crippen LogP contribution is -2.19. The average molecular weight is 398 g/mol. The number of thiazole rings is 1. The molecule has 0 unspecified atom stereocenters. The maximum Gasteiger partial charge on any atom is 0.278 e. The topological polar surface area (TPSA) is 87.7 Å². The van der Waals surface area contributed by atoms with Crippen molar-refractivity contribution in [2.75, 3.05) is 5.32 Å². The molecule has 0 aliphatic rings. The second-order valence-corrected chi connectivity index (χ2v) is 7.06. The Kier molecular flexibility index (Phi) is 4.66. The van der Waals surface area contributed by atoms with Crippen molar-refractivity contribution in [2.45, 2.75) is 6.42 Å². The SMILES string of the molecule is O=C(Nc1ncc(Cc2ccc(F)cc2F)s1)c1n[nH]c(=O)c2ccccc12. The van der Waals surface area contributed by atoms with Crippen LogP contribution < -0.4 is 10.9 Å². The van der Waals surface area contributed by atoms with Crippen molar-refractivity contribution in [2.24, 2.45) is 0 Å². The molecule has 2 N–H and O–H groups in total. The standard InChI is InChI=1S/C19H12F2N4O2S/c20-11-6-5-10(15(21)8-11)7-12-9-22-19(28-12)23-18(27)16-13-3-1-2-4-14(13)17(26)25-24-16/h1-6,8-9H,7H2,(H,25,26)(H,22,23,27). The zero-order valence-electron chi connectivity index (χ0n) is 14.2. The van der Waals surface area contributed by atoms with Crippen LogP contribution in [0.25, 0.3) is 10.8 Å². The number of hydrogen-bond acceptors (Lipinski definition) is 5. The van der Waals surface area contributed by atoms with Gasteiger partial charge in [0.1, 0.15) is 11.6 Å². The summed E-state index contributed by atoms with van der Waals surface area (Å²) in [6, 6.07) is 10.0. The molecule has 0 aliphatic carbocycles. The van der Waals surface area contributed by atoms with Gasteiger partial charge in [0, 0.05) is 28.9 Å². The number of hydrogen-bond donors (Lipinski definition) is 2. The van der Waals surface area contributed by atoms with E-state index in [0.717, 1.165) is 6.07 Å². The highest BCUT2D eigenvalue weighted by atomic mass is 32.1. The van der Waals surface area contributed by atoms with E-state index in [1.807, 2.05) is 0 Å². The highest BCUT2D eigenvalue weighted by molar-refractivity contribution is 7.15. The molecule has 2 aromatic carbocycles. The lowest BCUT2D eigenvalue weighted by molar-refractivity contribution is 0.102. The first-order valence-corrected chi connectivity index (χ1v) is 9.00. The zero-order valence-corrected chi connectivity index (χ0v) is 15.0. The number of carbonyl (C=O) groups is 1. The van der Waals surface area contributed by atoms with E-state index >= 15 is 0 Å². The van der Waals surface area contributed by atoms with Crippen LogP contribution in [0.4, 0.5) is 13.9 Å². The molecule has 0 atom stereocenters. The van der Waals surface area contributed by atoms with E-state index in [9.17, 15) is 18.4 Å². The van der Waals surface area contributed by atoms with Crippen molar-refractivity contribution in [3.05, 3.63) is 86.8 Å². The molecule has 2 aromatic heterocycles. The molecule has 6 nitrogen and oxygen atoms in total. The lowest BCUT2D eigenvalue weighted by Gasteiger charge is -2.04. The summed E-state index contributed by atoms with van der Waals surface area (Å²) < 4.78 is 26.8. The smallest absolute Gasteiger partial charge is 0.278 e. The number of fused-ring (bicyclic) bond motifs is 1. The van der Waals surface area contributed by atoms with Gasteiger partial charge in [0.05, 0.1) is 5.39 Å². The van der Waals surface area contributed by atoms with Gasteiger partial charge in [-0.2, -0.15) is 5.10 Å². The van der Waals surface area contributed by atoms with Crippen LogP contribution in [0.3, 0.4) is 0 Å². The van der Waals surface area contributed by atoms with E-state index in [1.165, 1.54) is 29.7 Å². The fraction of sp³-hybridized carbons (Fsp3) is 0.0526. The number of rotatable bonds is 4. The summed E-state index contributed by atoms with van der Waals surface area (Å²) in [5.41, 5.74) is 0.0118. The molecule has 0 bridgehead atoms. The Hall–Kier alpha value is -3.46. The number of aromatic amines is 1. The van der Waals surface area contributed by atoms with Crippen molar-refractivity contribution in [1.82, 2.24) is 15.2 Å². The summed E-state index contributed by atoms with van der Waals surface area (Å²) in [4.78, 5) is 29.2. The Bertz CT molecular complexity index is 1250. The Labute approximate surface area is 160 Å². The maximum atomic E-state index is 13.8. The van der Waals surface area contributed by atoms with E-state index in [4.69, 9.17) is 0 Å². The summed E-state index contributed by atoms with van der Waals surface area (Å²) in [6.45, 7) is 0. The zero-order chi connectivity index (χ0) is 19.7. The number of anilines is 1. The quantitative estimate of drug-likeness (QED) is 0.551. The third-order valence-electron chi connectivity index (χ3n) is 4.06. The van der Waals surface area contributed by atoms with E-state index < -0.39 is 17.5 Å². The van der Waals surface area contributed by atoms with Gasteiger partial charge in [0.2, 0.25) is 0 Å². The van der Waals surface area contributed by atoms with Gasteiger partial charge in [0.15, 0.2) is 10.8 Å². The monoisotopic (exact) mass is 398 g/mol. The maximum absolute atomic E-state index is 13.8. The van der Waals surface area contributed by atoms with Gasteiger partial charge >= 0.3 is 0 Å². The summed E-state index contributed by atoms with van der Waals surface area (Å²) in [6.07, 6.45) is 1.74. The minimum atomic E-state index is -0.640. The van der Waals surface area contributed by atoms with Crippen LogP contribution in [-0.2, 0) is 6.42 Å². The van der Waals surface area contributed by atoms with Crippen LogP contribution in [0.2, 0.25) is 0 Å². The second-order valence-electron chi connectivity index (χ2n) is 5.95. The van der Waals surface area contributed by atoms with Gasteiger partial charge < -0.3 is 0 Å². The number of carbonyl (C=O) groups excluding carboxylic acids is 1. The summed E-state index contributed by atoms with van der Waals surface area (Å²) in [5.74, 6) is -1.80. The lowest BCUT2D eigenvalue weighted by atomic mass is 10.1. The van der Waals surface area contributed by atoms with Crippen LogP contribution in [0, 0.1) is 11.6 Å². The van der Waals surface area contributed by atoms with E-state index in [-0.39, 0.29) is 17.7 Å². The molecule has 140 valence electrons. The van der Waals surface area contributed by atoms with Crippen molar-refractivity contribution in [3.8, 4) is 0 Å². The minimum absolute atomic E-state index is 0.0662. The number of amides is 1. The molecular weight excluding hydrogens is 386 g/mol. The fourth-order valence-electron chi connectivity index (χ4n) is 2.74. The predicted molar refractivity (Wildman–Crippen MR) is 102 cm³/mol. The van der Waals surface area contributed by atoms with Crippen molar-refractivity contribution >= 4 is 33.1 Å². The molecule has 1 amide bonds. The molecule has 0 radical (unpaired) electrons. The van der Waals surface area contributed by atoms with Crippen LogP contribution in [0.5, 0.6) is 0 Å². The first-order valence-electron chi connectivity index (χ1n) is 8.18. The number of nitrogens with zero attached hydrogens (tertiary/aromatic N) is 2. The molecule has 0 saturated carbocycles. The molecule has 9 heteroatoms. The Morgan fingerprint density at radius 1 is 1.14 bits per heavy atom. The molecule has 0 fully saturated rings. The van der Waals surface area contributed by atoms with E-state index in [2.05, 4.69) is 20.5 Å². The van der Waals surface area contributed by atoms with Gasteiger partial charge in [-0.3, -0.25) is 14.9 Å². The largest absolute Gasteiger partial charge is 0.296 e. The van der Waals surface area contributed by atoms with Gasteiger partial charge in [-0.25, -0.2) is 18.9 Å². The fourth-order valence-corrected chi connectivity index (χ4v) is 3.57. The van der Waals surface area contributed by atoms with E-state index in [0.29, 0.717) is 26.3 Å². The van der Waals surface area contributed by atoms with Gasteiger partial charge in [-0.15, -0.1) is 11.3 Å². The summed E-state index contributed by atoms with van der Waals surface area (Å²) in [5, 5.41) is 9.86. The molecule has 0 aliphatic heterocycles. The van der Waals surface area contributed by atoms with Gasteiger partial charge in [0.25, 0.3) is 11.5 Å². The van der Waals surface area contributed by atoms with E-state index in [1.54, 1.807) is 24.3 Å². The highest BCUT2D eigenvalue weighted by Gasteiger charge is 2.16. The normalized spacial score (nSPS) is 10.9. The predicted octanol–water partition coefficient (Wildman–Crippen LogP) is 3.50. The Morgan fingerprint density at radius 2 is 1.93 bits per heavy atom. The summed E-state index contributed by atoms with van der Waals surface area (Å²) in [7, 11) is 0. The molecule has 0 spiro atoms. The van der Waals surface area contributed by atoms with Crippen LogP contribution in [0.15, 0.2) is 53.5 Å². The molecule has 28 heavy (non-hydrogen) atoms. The Balaban J connectivity index is 1.55. The van der Waals surface area contributed by atoms with Crippen molar-refractivity contribution < 1.29 is 13.6 Å². The van der Waals surface area contributed by atoms with Gasteiger partial charge in [-0.05, 0) is 17.7 Å². The Morgan fingerprint density at radius 3 is 2.71 bits per heavy atom. The minimum Gasteiger partial charge on any atom is -0.296 e. The third kappa shape index (κ3) is 3.52. The molecule has 0 saturated heterocycles. The average Bonchev–Trinajstić information content (AvgIpc) is 3.11. The van der Waals surface area contributed by atoms with Crippen LogP contribution in [-0.4, -0.2) is 21.1 Å². The molecule has 2 heterocycles. The first kappa shape index (κ1) is 17.9. The number of benzene rings is 2. The van der Waals surface area contributed by atoms with Crippen LogP contribution >= 0.6 is 11.3 Å². The number of nitrogens with one attached hydrogen (secondary N) is 2. The first-order chi connectivity index (χ1) is 13.5. The molecular formula is C19H12F2N4O2S. The number of H-pyrrole nitrogens is 1. The second kappa shape index (κ2) is 7.28. The third-order valence-corrected chi connectivity index (χ3v) is 4.98. The van der Waals surface area contributed by atoms with Crippen LogP contribution in [0.1, 0.15) is 20.9 Å². The van der Waals surface area contributed by atoms with Crippen molar-refractivity contribution in [3.63, 3.8) is 0 Å². The number of aromatic nitrogens is 3.